The van der Waals surface area contributed by atoms with E-state index in [4.69, 9.17) is 9.26 Å². The van der Waals surface area contributed by atoms with Gasteiger partial charge in [-0.1, -0.05) is 17.3 Å². The highest BCUT2D eigenvalue weighted by molar-refractivity contribution is 5.92. The largest absolute Gasteiger partial charge is 0.377 e. The SMILES string of the molecule is COCc1noc(CN2CCN(c3ncnc4cccc(C)c34)CC2)n1. The van der Waals surface area contributed by atoms with Gasteiger partial charge in [-0.15, -0.1) is 0 Å². The van der Waals surface area contributed by atoms with E-state index in [1.165, 1.54) is 5.56 Å². The first-order valence-corrected chi connectivity index (χ1v) is 8.72. The lowest BCUT2D eigenvalue weighted by atomic mass is 10.1. The van der Waals surface area contributed by atoms with Crippen LogP contribution in [-0.2, 0) is 17.9 Å². The number of benzene rings is 1. The summed E-state index contributed by atoms with van der Waals surface area (Å²) in [4.78, 5) is 18.0. The molecule has 8 heteroatoms. The van der Waals surface area contributed by atoms with Crippen molar-refractivity contribution in [1.82, 2.24) is 25.0 Å². The Bertz CT molecular complexity index is 883. The Labute approximate surface area is 151 Å². The molecule has 0 spiro atoms. The van der Waals surface area contributed by atoms with E-state index in [2.05, 4.69) is 42.9 Å². The summed E-state index contributed by atoms with van der Waals surface area (Å²) in [5, 5.41) is 5.06. The van der Waals surface area contributed by atoms with Crippen LogP contribution in [0, 0.1) is 6.92 Å². The van der Waals surface area contributed by atoms with Crippen molar-refractivity contribution in [2.45, 2.75) is 20.1 Å². The van der Waals surface area contributed by atoms with E-state index >= 15 is 0 Å². The minimum atomic E-state index is 0.372. The second kappa shape index (κ2) is 7.35. The predicted octanol–water partition coefficient (Wildman–Crippen LogP) is 1.79. The van der Waals surface area contributed by atoms with Crippen molar-refractivity contribution in [3.05, 3.63) is 41.8 Å². The van der Waals surface area contributed by atoms with Crippen LogP contribution in [0.15, 0.2) is 29.0 Å². The van der Waals surface area contributed by atoms with Crippen LogP contribution in [0.2, 0.25) is 0 Å². The number of aryl methyl sites for hydroxylation is 1. The summed E-state index contributed by atoms with van der Waals surface area (Å²) in [5.41, 5.74) is 2.20. The van der Waals surface area contributed by atoms with E-state index in [9.17, 15) is 0 Å². The molecule has 0 atom stereocenters. The number of nitrogens with zero attached hydrogens (tertiary/aromatic N) is 6. The molecule has 1 aliphatic rings. The fraction of sp³-hybridized carbons (Fsp3) is 0.444. The van der Waals surface area contributed by atoms with E-state index in [1.807, 2.05) is 12.1 Å². The molecule has 0 aliphatic carbocycles. The number of piperazine rings is 1. The van der Waals surface area contributed by atoms with Gasteiger partial charge in [-0.25, -0.2) is 9.97 Å². The average Bonchev–Trinajstić information content (AvgIpc) is 3.09. The Morgan fingerprint density at radius 3 is 2.81 bits per heavy atom. The standard InChI is InChI=1S/C18H22N6O2/c1-13-4-3-5-14-17(13)18(20-12-19-14)24-8-6-23(7-9-24)10-16-21-15(11-25-2)22-26-16/h3-5,12H,6-11H2,1-2H3. The van der Waals surface area contributed by atoms with Crippen LogP contribution in [0.1, 0.15) is 17.3 Å². The van der Waals surface area contributed by atoms with Crippen LogP contribution in [0.3, 0.4) is 0 Å². The van der Waals surface area contributed by atoms with Gasteiger partial charge >= 0.3 is 0 Å². The summed E-state index contributed by atoms with van der Waals surface area (Å²) < 4.78 is 10.3. The van der Waals surface area contributed by atoms with Gasteiger partial charge in [0.25, 0.3) is 0 Å². The van der Waals surface area contributed by atoms with Crippen molar-refractivity contribution < 1.29 is 9.26 Å². The average molecular weight is 354 g/mol. The highest BCUT2D eigenvalue weighted by atomic mass is 16.5. The van der Waals surface area contributed by atoms with Crippen LogP contribution in [-0.4, -0.2) is 58.3 Å². The number of rotatable bonds is 5. The third-order valence-electron chi connectivity index (χ3n) is 4.67. The molecule has 3 heterocycles. The second-order valence-corrected chi connectivity index (χ2v) is 6.47. The normalized spacial score (nSPS) is 15.7. The minimum absolute atomic E-state index is 0.372. The number of ether oxygens (including phenoxy) is 1. The zero-order valence-electron chi connectivity index (χ0n) is 15.1. The third-order valence-corrected chi connectivity index (χ3v) is 4.67. The summed E-state index contributed by atoms with van der Waals surface area (Å²) in [7, 11) is 1.62. The molecule has 1 fully saturated rings. The smallest absolute Gasteiger partial charge is 0.240 e. The van der Waals surface area contributed by atoms with Gasteiger partial charge in [-0.2, -0.15) is 4.98 Å². The van der Waals surface area contributed by atoms with E-state index in [0.29, 0.717) is 24.9 Å². The monoisotopic (exact) mass is 354 g/mol. The summed E-state index contributed by atoms with van der Waals surface area (Å²) in [5.74, 6) is 2.24. The molecule has 0 unspecified atom stereocenters. The van der Waals surface area contributed by atoms with Gasteiger partial charge in [0.15, 0.2) is 5.82 Å². The number of anilines is 1. The maximum atomic E-state index is 5.29. The predicted molar refractivity (Wildman–Crippen MR) is 96.8 cm³/mol. The van der Waals surface area contributed by atoms with Crippen LogP contribution < -0.4 is 4.90 Å². The molecule has 26 heavy (non-hydrogen) atoms. The maximum Gasteiger partial charge on any atom is 0.240 e. The van der Waals surface area contributed by atoms with Gasteiger partial charge < -0.3 is 14.2 Å². The zero-order chi connectivity index (χ0) is 17.9. The number of hydrogen-bond acceptors (Lipinski definition) is 8. The molecule has 1 aliphatic heterocycles. The fourth-order valence-electron chi connectivity index (χ4n) is 3.35. The van der Waals surface area contributed by atoms with Crippen LogP contribution in [0.5, 0.6) is 0 Å². The van der Waals surface area contributed by atoms with Crippen molar-refractivity contribution in [2.24, 2.45) is 0 Å². The molecule has 1 aromatic carbocycles. The van der Waals surface area contributed by atoms with E-state index in [1.54, 1.807) is 13.4 Å². The van der Waals surface area contributed by atoms with Crippen molar-refractivity contribution in [1.29, 1.82) is 0 Å². The Hall–Kier alpha value is -2.58. The molecule has 0 amide bonds. The lowest BCUT2D eigenvalue weighted by Crippen LogP contribution is -2.46. The Morgan fingerprint density at radius 1 is 1.15 bits per heavy atom. The molecular weight excluding hydrogens is 332 g/mol. The summed E-state index contributed by atoms with van der Waals surface area (Å²) >= 11 is 0. The summed E-state index contributed by atoms with van der Waals surface area (Å²) in [6.45, 7) is 6.78. The highest BCUT2D eigenvalue weighted by Gasteiger charge is 2.22. The number of fused-ring (bicyclic) bond motifs is 1. The van der Waals surface area contributed by atoms with Crippen LogP contribution in [0.25, 0.3) is 10.9 Å². The Balaban J connectivity index is 1.44. The van der Waals surface area contributed by atoms with E-state index in [-0.39, 0.29) is 0 Å². The van der Waals surface area contributed by atoms with Gasteiger partial charge in [0, 0.05) is 38.7 Å². The van der Waals surface area contributed by atoms with Crippen LogP contribution >= 0.6 is 0 Å². The highest BCUT2D eigenvalue weighted by Crippen LogP contribution is 2.26. The topological polar surface area (TPSA) is 80.4 Å². The molecule has 8 nitrogen and oxygen atoms in total. The lowest BCUT2D eigenvalue weighted by Gasteiger charge is -2.35. The minimum Gasteiger partial charge on any atom is -0.377 e. The molecule has 0 saturated carbocycles. The molecule has 3 aromatic rings. The first-order chi connectivity index (χ1) is 12.7. The number of methoxy groups -OCH3 is 1. The van der Waals surface area contributed by atoms with Crippen molar-refractivity contribution in [3.63, 3.8) is 0 Å². The van der Waals surface area contributed by atoms with E-state index < -0.39 is 0 Å². The van der Waals surface area contributed by atoms with Gasteiger partial charge in [0.2, 0.25) is 5.89 Å². The first-order valence-electron chi connectivity index (χ1n) is 8.72. The Morgan fingerprint density at radius 2 is 2.00 bits per heavy atom. The third kappa shape index (κ3) is 3.38. The fourth-order valence-corrected chi connectivity index (χ4v) is 3.35. The molecule has 1 saturated heterocycles. The van der Waals surface area contributed by atoms with Gasteiger partial charge in [-0.3, -0.25) is 4.90 Å². The number of aromatic nitrogens is 4. The molecule has 2 aromatic heterocycles. The van der Waals surface area contributed by atoms with Crippen molar-refractivity contribution in [2.75, 3.05) is 38.2 Å². The summed E-state index contributed by atoms with van der Waals surface area (Å²) in [6.07, 6.45) is 1.65. The molecule has 0 bridgehead atoms. The van der Waals surface area contributed by atoms with Gasteiger partial charge in [0.05, 0.1) is 12.1 Å². The zero-order valence-corrected chi connectivity index (χ0v) is 15.1. The molecule has 4 rings (SSSR count). The molecule has 136 valence electrons. The lowest BCUT2D eigenvalue weighted by molar-refractivity contribution is 0.174. The maximum absolute atomic E-state index is 5.29. The quantitative estimate of drug-likeness (QED) is 0.686. The number of hydrogen-bond donors (Lipinski definition) is 0. The summed E-state index contributed by atoms with van der Waals surface area (Å²) in [6, 6.07) is 6.18. The second-order valence-electron chi connectivity index (χ2n) is 6.47. The van der Waals surface area contributed by atoms with Gasteiger partial charge in [-0.05, 0) is 18.6 Å². The van der Waals surface area contributed by atoms with Crippen LogP contribution in [0.4, 0.5) is 5.82 Å². The molecule has 0 N–H and O–H groups in total. The molecular formula is C18H22N6O2. The molecule has 0 radical (unpaired) electrons. The van der Waals surface area contributed by atoms with Crippen molar-refractivity contribution >= 4 is 16.7 Å². The van der Waals surface area contributed by atoms with E-state index in [0.717, 1.165) is 42.9 Å². The van der Waals surface area contributed by atoms with Gasteiger partial charge in [0.1, 0.15) is 18.8 Å². The van der Waals surface area contributed by atoms with Crippen molar-refractivity contribution in [3.8, 4) is 0 Å². The first kappa shape index (κ1) is 16.9. The Kier molecular flexibility index (Phi) is 4.77.